The highest BCUT2D eigenvalue weighted by Crippen LogP contribution is 2.17. The number of rotatable bonds is 4. The van der Waals surface area contributed by atoms with Gasteiger partial charge in [0.15, 0.2) is 0 Å². The summed E-state index contributed by atoms with van der Waals surface area (Å²) in [6.07, 6.45) is 4.11. The third-order valence-electron chi connectivity index (χ3n) is 3.31. The summed E-state index contributed by atoms with van der Waals surface area (Å²) in [6, 6.07) is 14.2. The predicted molar refractivity (Wildman–Crippen MR) is 89.8 cm³/mol. The second kappa shape index (κ2) is 7.98. The van der Waals surface area contributed by atoms with E-state index < -0.39 is 5.97 Å². The molecule has 0 amide bonds. The first-order chi connectivity index (χ1) is 11.1. The van der Waals surface area contributed by atoms with Crippen molar-refractivity contribution in [3.05, 3.63) is 60.4 Å². The van der Waals surface area contributed by atoms with Crippen molar-refractivity contribution < 1.29 is 14.6 Å². The summed E-state index contributed by atoms with van der Waals surface area (Å²) in [5, 5.41) is 8.89. The van der Waals surface area contributed by atoms with Crippen LogP contribution in [0.25, 0.3) is 11.0 Å². The van der Waals surface area contributed by atoms with E-state index >= 15 is 0 Å². The van der Waals surface area contributed by atoms with Crippen LogP contribution in [0.4, 0.5) is 0 Å². The minimum atomic E-state index is -0.745. The molecule has 0 fully saturated rings. The summed E-state index contributed by atoms with van der Waals surface area (Å²) < 4.78 is 7.38. The predicted octanol–water partition coefficient (Wildman–Crippen LogP) is 3.57. The number of ether oxygens (including phenoxy) is 1. The number of pyridine rings is 1. The van der Waals surface area contributed by atoms with Gasteiger partial charge in [-0.15, -0.1) is 0 Å². The number of fused-ring (bicyclic) bond motifs is 1. The number of benzene rings is 1. The molecule has 0 unspecified atom stereocenters. The quantitative estimate of drug-likeness (QED) is 0.800. The molecule has 2 heterocycles. The Morgan fingerprint density at radius 1 is 1.26 bits per heavy atom. The van der Waals surface area contributed by atoms with E-state index in [4.69, 9.17) is 9.84 Å². The van der Waals surface area contributed by atoms with Gasteiger partial charge in [0.25, 0.3) is 0 Å². The zero-order valence-electron chi connectivity index (χ0n) is 13.3. The van der Waals surface area contributed by atoms with E-state index in [9.17, 15) is 4.79 Å². The van der Waals surface area contributed by atoms with Crippen LogP contribution < -0.4 is 4.74 Å². The highest BCUT2D eigenvalue weighted by Gasteiger charge is 2.02. The molecule has 1 N–H and O–H groups in total. The summed E-state index contributed by atoms with van der Waals surface area (Å²) in [5.74, 6) is 0.141. The summed E-state index contributed by atoms with van der Waals surface area (Å²) >= 11 is 0. The van der Waals surface area contributed by atoms with Gasteiger partial charge in [0.05, 0.1) is 7.11 Å². The minimum Gasteiger partial charge on any atom is -0.497 e. The Kier molecular flexibility index (Phi) is 5.74. The van der Waals surface area contributed by atoms with E-state index in [2.05, 4.69) is 40.0 Å². The number of nitrogens with zero attached hydrogens (tertiary/aromatic N) is 2. The third-order valence-corrected chi connectivity index (χ3v) is 3.31. The average molecular weight is 312 g/mol. The van der Waals surface area contributed by atoms with Crippen molar-refractivity contribution in [2.75, 3.05) is 7.11 Å². The van der Waals surface area contributed by atoms with Crippen LogP contribution in [0.15, 0.2) is 54.9 Å². The summed E-state index contributed by atoms with van der Waals surface area (Å²) in [5.41, 5.74) is 2.22. The molecule has 0 bridgehead atoms. The lowest BCUT2D eigenvalue weighted by atomic mass is 10.2. The first-order valence-electron chi connectivity index (χ1n) is 7.38. The lowest BCUT2D eigenvalue weighted by Gasteiger charge is -2.06. The number of carboxylic acid groups (broad SMARTS) is 1. The fourth-order valence-corrected chi connectivity index (χ4v) is 2.12. The van der Waals surface area contributed by atoms with E-state index in [0.717, 1.165) is 17.9 Å². The first-order valence-corrected chi connectivity index (χ1v) is 7.38. The molecule has 0 aliphatic carbocycles. The smallest absolute Gasteiger partial charge is 0.303 e. The topological polar surface area (TPSA) is 64.3 Å². The zero-order chi connectivity index (χ0) is 16.7. The highest BCUT2D eigenvalue weighted by atomic mass is 16.5. The average Bonchev–Trinajstić information content (AvgIpc) is 2.99. The van der Waals surface area contributed by atoms with Crippen LogP contribution in [-0.4, -0.2) is 27.7 Å². The van der Waals surface area contributed by atoms with E-state index in [1.165, 1.54) is 10.9 Å². The van der Waals surface area contributed by atoms with Crippen LogP contribution in [0.1, 0.15) is 18.9 Å². The maximum absolute atomic E-state index is 9.37. The molecule has 0 saturated heterocycles. The maximum Gasteiger partial charge on any atom is 0.303 e. The Morgan fingerprint density at radius 2 is 2.04 bits per heavy atom. The van der Waals surface area contributed by atoms with Gasteiger partial charge >= 0.3 is 5.97 Å². The molecule has 0 spiro atoms. The van der Waals surface area contributed by atoms with Crippen LogP contribution in [0.3, 0.4) is 0 Å². The normalized spacial score (nSPS) is 10.0. The fourth-order valence-electron chi connectivity index (χ4n) is 2.12. The summed E-state index contributed by atoms with van der Waals surface area (Å²) in [4.78, 5) is 13.8. The number of hydrogen-bond donors (Lipinski definition) is 1. The van der Waals surface area contributed by atoms with E-state index in [1.54, 1.807) is 14.0 Å². The SMILES string of the molecule is CCC(=O)O.COc1cccc(Cn2ccc3cccnc32)c1. The Morgan fingerprint density at radius 3 is 2.74 bits per heavy atom. The largest absolute Gasteiger partial charge is 0.497 e. The van der Waals surface area contributed by atoms with Crippen LogP contribution in [-0.2, 0) is 11.3 Å². The first kappa shape index (κ1) is 16.5. The number of carbonyl (C=O) groups is 1. The van der Waals surface area contributed by atoms with Gasteiger partial charge < -0.3 is 14.4 Å². The molecule has 2 aromatic heterocycles. The minimum absolute atomic E-state index is 0.222. The molecular formula is C18H20N2O3. The van der Waals surface area contributed by atoms with Crippen molar-refractivity contribution in [2.24, 2.45) is 0 Å². The number of hydrogen-bond acceptors (Lipinski definition) is 3. The van der Waals surface area contributed by atoms with Crippen molar-refractivity contribution >= 4 is 17.0 Å². The molecule has 3 rings (SSSR count). The maximum atomic E-state index is 9.37. The van der Waals surface area contributed by atoms with Gasteiger partial charge in [-0.25, -0.2) is 4.98 Å². The Labute approximate surface area is 135 Å². The molecule has 1 aromatic carbocycles. The molecule has 0 aliphatic rings. The van der Waals surface area contributed by atoms with E-state index in [-0.39, 0.29) is 6.42 Å². The van der Waals surface area contributed by atoms with E-state index in [1.807, 2.05) is 24.4 Å². The van der Waals surface area contributed by atoms with Crippen molar-refractivity contribution in [3.63, 3.8) is 0 Å². The van der Waals surface area contributed by atoms with Gasteiger partial charge in [0.2, 0.25) is 0 Å². The highest BCUT2D eigenvalue weighted by molar-refractivity contribution is 5.75. The van der Waals surface area contributed by atoms with Gasteiger partial charge in [-0.1, -0.05) is 19.1 Å². The van der Waals surface area contributed by atoms with Crippen molar-refractivity contribution in [1.82, 2.24) is 9.55 Å². The fraction of sp³-hybridized carbons (Fsp3) is 0.222. The molecule has 23 heavy (non-hydrogen) atoms. The van der Waals surface area contributed by atoms with Crippen LogP contribution in [0, 0.1) is 0 Å². The number of methoxy groups -OCH3 is 1. The van der Waals surface area contributed by atoms with Gasteiger partial charge in [0.1, 0.15) is 11.4 Å². The van der Waals surface area contributed by atoms with Gasteiger partial charge in [0, 0.05) is 30.7 Å². The molecule has 0 atom stereocenters. The molecule has 0 saturated carbocycles. The summed E-state index contributed by atoms with van der Waals surface area (Å²) in [7, 11) is 1.69. The number of aliphatic carboxylic acids is 1. The lowest BCUT2D eigenvalue weighted by molar-refractivity contribution is -0.136. The van der Waals surface area contributed by atoms with Gasteiger partial charge in [-0.05, 0) is 35.9 Å². The zero-order valence-corrected chi connectivity index (χ0v) is 13.3. The number of aromatic nitrogens is 2. The lowest BCUT2D eigenvalue weighted by Crippen LogP contribution is -1.99. The molecule has 0 radical (unpaired) electrons. The van der Waals surface area contributed by atoms with Crippen molar-refractivity contribution in [1.29, 1.82) is 0 Å². The van der Waals surface area contributed by atoms with Crippen molar-refractivity contribution in [2.45, 2.75) is 19.9 Å². The molecule has 3 aromatic rings. The molecule has 5 heteroatoms. The molecule has 5 nitrogen and oxygen atoms in total. The number of carboxylic acids is 1. The monoisotopic (exact) mass is 312 g/mol. The Bertz CT molecular complexity index is 781. The summed E-state index contributed by atoms with van der Waals surface area (Å²) in [6.45, 7) is 2.40. The Balaban J connectivity index is 0.000000338. The molecule has 0 aliphatic heterocycles. The molecular weight excluding hydrogens is 292 g/mol. The standard InChI is InChI=1S/C15H14N2O.C3H6O2/c1-18-14-6-2-4-12(10-14)11-17-9-7-13-5-3-8-16-15(13)17;1-2-3(4)5/h2-10H,11H2,1H3;2H2,1H3,(H,4,5). The van der Waals surface area contributed by atoms with Crippen LogP contribution in [0.5, 0.6) is 5.75 Å². The molecule has 120 valence electrons. The Hall–Kier alpha value is -2.82. The third kappa shape index (κ3) is 4.57. The van der Waals surface area contributed by atoms with E-state index in [0.29, 0.717) is 0 Å². The van der Waals surface area contributed by atoms with Crippen LogP contribution >= 0.6 is 0 Å². The van der Waals surface area contributed by atoms with Gasteiger partial charge in [-0.2, -0.15) is 0 Å². The second-order valence-electron chi connectivity index (χ2n) is 4.96. The van der Waals surface area contributed by atoms with Crippen molar-refractivity contribution in [3.8, 4) is 5.75 Å². The second-order valence-corrected chi connectivity index (χ2v) is 4.96. The van der Waals surface area contributed by atoms with Crippen LogP contribution in [0.2, 0.25) is 0 Å². The van der Waals surface area contributed by atoms with Gasteiger partial charge in [-0.3, -0.25) is 4.79 Å².